The van der Waals surface area contributed by atoms with E-state index in [9.17, 15) is 0 Å². The zero-order valence-corrected chi connectivity index (χ0v) is 18.2. The summed E-state index contributed by atoms with van der Waals surface area (Å²) < 4.78 is 2.25. The Morgan fingerprint density at radius 2 is 1.84 bits per heavy atom. The minimum Gasteiger partial charge on any atom is -0.351 e. The molecule has 1 N–H and O–H groups in total. The zero-order chi connectivity index (χ0) is 21.2. The predicted octanol–water partition coefficient (Wildman–Crippen LogP) is 5.16. The van der Waals surface area contributed by atoms with E-state index in [0.29, 0.717) is 10.1 Å². The lowest BCUT2D eigenvalue weighted by molar-refractivity contribution is 0.533. The first kappa shape index (κ1) is 19.7. The normalized spacial score (nSPS) is 18.2. The van der Waals surface area contributed by atoms with E-state index in [-0.39, 0.29) is 12.1 Å². The molecule has 4 heterocycles. The fraction of sp³-hybridized carbons (Fsp3) is 0.125. The maximum absolute atomic E-state index is 6.14. The third-order valence-electron chi connectivity index (χ3n) is 5.45. The average Bonchev–Trinajstić information content (AvgIpc) is 3.39. The van der Waals surface area contributed by atoms with E-state index in [2.05, 4.69) is 49.1 Å². The molecule has 2 unspecified atom stereocenters. The van der Waals surface area contributed by atoms with Gasteiger partial charge in [-0.2, -0.15) is 0 Å². The SMILES string of the molecule is S=C1NC(c2ccccn2)C(c2cccn2Cc2cccnc2)N1c1ccc(Cl)cc1. The van der Waals surface area contributed by atoms with Crippen molar-refractivity contribution >= 4 is 34.6 Å². The van der Waals surface area contributed by atoms with Crippen molar-refractivity contribution in [3.8, 4) is 0 Å². The fourth-order valence-electron chi connectivity index (χ4n) is 4.06. The van der Waals surface area contributed by atoms with E-state index < -0.39 is 0 Å². The number of hydrogen-bond acceptors (Lipinski definition) is 3. The number of nitrogens with zero attached hydrogens (tertiary/aromatic N) is 4. The van der Waals surface area contributed by atoms with Crippen LogP contribution in [0.2, 0.25) is 5.02 Å². The number of thiocarbonyl (C=S) groups is 1. The van der Waals surface area contributed by atoms with Gasteiger partial charge in [0.1, 0.15) is 6.04 Å². The van der Waals surface area contributed by atoms with Gasteiger partial charge in [0, 0.05) is 47.7 Å². The van der Waals surface area contributed by atoms with Gasteiger partial charge < -0.3 is 14.8 Å². The van der Waals surface area contributed by atoms with E-state index >= 15 is 0 Å². The van der Waals surface area contributed by atoms with Crippen LogP contribution in [-0.2, 0) is 6.54 Å². The Bertz CT molecular complexity index is 1180. The van der Waals surface area contributed by atoms with Gasteiger partial charge in [-0.1, -0.05) is 23.7 Å². The molecule has 3 aromatic heterocycles. The molecule has 0 aliphatic carbocycles. The van der Waals surface area contributed by atoms with Crippen molar-refractivity contribution in [2.45, 2.75) is 18.6 Å². The molecule has 0 bridgehead atoms. The second-order valence-corrected chi connectivity index (χ2v) is 8.22. The number of rotatable bonds is 5. The summed E-state index contributed by atoms with van der Waals surface area (Å²) in [5.74, 6) is 0. The highest BCUT2D eigenvalue weighted by Crippen LogP contribution is 2.41. The molecule has 1 aliphatic rings. The summed E-state index contributed by atoms with van der Waals surface area (Å²) >= 11 is 11.9. The molecule has 154 valence electrons. The number of aromatic nitrogens is 3. The van der Waals surface area contributed by atoms with Crippen molar-refractivity contribution < 1.29 is 0 Å². The van der Waals surface area contributed by atoms with Crippen LogP contribution in [0, 0.1) is 0 Å². The summed E-state index contributed by atoms with van der Waals surface area (Å²) in [6.45, 7) is 0.725. The molecule has 1 fully saturated rings. The predicted molar refractivity (Wildman–Crippen MR) is 127 cm³/mol. The highest BCUT2D eigenvalue weighted by atomic mass is 35.5. The van der Waals surface area contributed by atoms with Gasteiger partial charge in [-0.15, -0.1) is 0 Å². The molecule has 1 aliphatic heterocycles. The summed E-state index contributed by atoms with van der Waals surface area (Å²) in [6.07, 6.45) is 7.60. The van der Waals surface area contributed by atoms with Crippen LogP contribution in [0.15, 0.2) is 91.5 Å². The van der Waals surface area contributed by atoms with Gasteiger partial charge in [0.15, 0.2) is 5.11 Å². The smallest absolute Gasteiger partial charge is 0.174 e. The molecule has 4 aromatic rings. The molecule has 5 nitrogen and oxygen atoms in total. The quantitative estimate of drug-likeness (QED) is 0.430. The first-order valence-electron chi connectivity index (χ1n) is 10.0. The van der Waals surface area contributed by atoms with Crippen molar-refractivity contribution in [3.63, 3.8) is 0 Å². The van der Waals surface area contributed by atoms with Crippen molar-refractivity contribution in [2.75, 3.05) is 4.90 Å². The lowest BCUT2D eigenvalue weighted by Gasteiger charge is -2.29. The third kappa shape index (κ3) is 3.92. The molecule has 0 spiro atoms. The van der Waals surface area contributed by atoms with Crippen LogP contribution >= 0.6 is 23.8 Å². The number of hydrogen-bond donors (Lipinski definition) is 1. The van der Waals surface area contributed by atoms with E-state index in [0.717, 1.165) is 29.2 Å². The zero-order valence-electron chi connectivity index (χ0n) is 16.6. The molecule has 0 amide bonds. The number of halogens is 1. The van der Waals surface area contributed by atoms with Gasteiger partial charge >= 0.3 is 0 Å². The Morgan fingerprint density at radius 3 is 2.58 bits per heavy atom. The van der Waals surface area contributed by atoms with Gasteiger partial charge in [-0.05, 0) is 72.4 Å². The number of pyridine rings is 2. The minimum absolute atomic E-state index is 0.0738. The summed E-state index contributed by atoms with van der Waals surface area (Å²) in [6, 6.07) is 21.8. The van der Waals surface area contributed by atoms with Gasteiger partial charge in [0.2, 0.25) is 0 Å². The summed E-state index contributed by atoms with van der Waals surface area (Å²) in [4.78, 5) is 11.0. The molecule has 1 aromatic carbocycles. The standard InChI is InChI=1S/C24H20ClN5S/c25-18-8-10-19(11-9-18)30-23(22(28-24(30)31)20-6-1-2-13-27-20)21-7-4-14-29(21)16-17-5-3-12-26-15-17/h1-15,22-23H,16H2,(H,28,31). The Morgan fingerprint density at radius 1 is 0.968 bits per heavy atom. The molecule has 1 saturated heterocycles. The van der Waals surface area contributed by atoms with E-state index in [1.807, 2.05) is 60.9 Å². The van der Waals surface area contributed by atoms with E-state index in [1.54, 1.807) is 6.20 Å². The Labute approximate surface area is 191 Å². The maximum Gasteiger partial charge on any atom is 0.174 e. The Hall–Kier alpha value is -3.22. The van der Waals surface area contributed by atoms with Crippen LogP contribution in [0.5, 0.6) is 0 Å². The molecule has 5 rings (SSSR count). The van der Waals surface area contributed by atoms with Gasteiger partial charge in [-0.3, -0.25) is 9.97 Å². The Kier molecular flexibility index (Phi) is 5.40. The Balaban J connectivity index is 1.60. The summed E-state index contributed by atoms with van der Waals surface area (Å²) in [7, 11) is 0. The van der Waals surface area contributed by atoms with Crippen molar-refractivity contribution in [3.05, 3.63) is 113 Å². The molecule has 0 saturated carbocycles. The van der Waals surface area contributed by atoms with Crippen LogP contribution in [-0.4, -0.2) is 19.6 Å². The summed E-state index contributed by atoms with van der Waals surface area (Å²) in [5.41, 5.74) is 4.21. The van der Waals surface area contributed by atoms with Crippen LogP contribution < -0.4 is 10.2 Å². The highest BCUT2D eigenvalue weighted by molar-refractivity contribution is 7.80. The second-order valence-electron chi connectivity index (χ2n) is 7.40. The number of anilines is 1. The van der Waals surface area contributed by atoms with Crippen molar-refractivity contribution in [1.82, 2.24) is 19.9 Å². The molecule has 0 radical (unpaired) electrons. The molecule has 7 heteroatoms. The topological polar surface area (TPSA) is 46.0 Å². The minimum atomic E-state index is -0.0908. The van der Waals surface area contributed by atoms with E-state index in [1.165, 1.54) is 0 Å². The molecule has 2 atom stereocenters. The van der Waals surface area contributed by atoms with Crippen molar-refractivity contribution in [1.29, 1.82) is 0 Å². The van der Waals surface area contributed by atoms with Gasteiger partial charge in [-0.25, -0.2) is 0 Å². The number of benzene rings is 1. The molecular weight excluding hydrogens is 426 g/mol. The van der Waals surface area contributed by atoms with Crippen LogP contribution in [0.1, 0.15) is 29.0 Å². The third-order valence-corrected chi connectivity index (χ3v) is 6.01. The lowest BCUT2D eigenvalue weighted by atomic mass is 10.0. The first-order chi connectivity index (χ1) is 15.2. The maximum atomic E-state index is 6.14. The largest absolute Gasteiger partial charge is 0.351 e. The van der Waals surface area contributed by atoms with Crippen LogP contribution in [0.3, 0.4) is 0 Å². The first-order valence-corrected chi connectivity index (χ1v) is 10.8. The highest BCUT2D eigenvalue weighted by Gasteiger charge is 2.41. The summed E-state index contributed by atoms with van der Waals surface area (Å²) in [5, 5.41) is 4.86. The second kappa shape index (κ2) is 8.49. The lowest BCUT2D eigenvalue weighted by Crippen LogP contribution is -2.30. The number of nitrogens with one attached hydrogen (secondary N) is 1. The van der Waals surface area contributed by atoms with Crippen molar-refractivity contribution in [2.24, 2.45) is 0 Å². The van der Waals surface area contributed by atoms with E-state index in [4.69, 9.17) is 23.8 Å². The fourth-order valence-corrected chi connectivity index (χ4v) is 4.54. The average molecular weight is 446 g/mol. The molecular formula is C24H20ClN5S. The van der Waals surface area contributed by atoms with Crippen LogP contribution in [0.25, 0.3) is 0 Å². The van der Waals surface area contributed by atoms with Crippen LogP contribution in [0.4, 0.5) is 5.69 Å². The molecule has 31 heavy (non-hydrogen) atoms. The van der Waals surface area contributed by atoms with Gasteiger partial charge in [0.05, 0.1) is 11.7 Å². The monoisotopic (exact) mass is 445 g/mol. The van der Waals surface area contributed by atoms with Gasteiger partial charge in [0.25, 0.3) is 0 Å².